The third-order valence-corrected chi connectivity index (χ3v) is 6.43. The maximum atomic E-state index is 12.8. The topological polar surface area (TPSA) is 103 Å². The minimum Gasteiger partial charge on any atom is -0.390 e. The monoisotopic (exact) mass is 377 g/mol. The van der Waals surface area contributed by atoms with E-state index in [1.807, 2.05) is 18.2 Å². The van der Waals surface area contributed by atoms with Crippen LogP contribution in [0.15, 0.2) is 59.6 Å². The second-order valence-corrected chi connectivity index (χ2v) is 8.42. The minimum absolute atomic E-state index is 0.0611. The SMILES string of the molecule is O=S(=O)(c1ccccc1)N1CC[C@H](O)[C@@](O)(CNCc2ccccn2)C1. The van der Waals surface area contributed by atoms with Crippen molar-refractivity contribution in [3.63, 3.8) is 0 Å². The Labute approximate surface area is 153 Å². The molecule has 1 aliphatic heterocycles. The van der Waals surface area contributed by atoms with E-state index in [0.29, 0.717) is 6.54 Å². The standard InChI is InChI=1S/C18H23N3O4S/c22-17-9-11-21(26(24,25)16-7-2-1-3-8-16)14-18(17,23)13-19-12-15-6-4-5-10-20-15/h1-8,10,17,19,22-23H,9,11-14H2/t17-,18+/m0/s1. The lowest BCUT2D eigenvalue weighted by molar-refractivity contribution is -0.104. The predicted molar refractivity (Wildman–Crippen MR) is 96.7 cm³/mol. The van der Waals surface area contributed by atoms with Crippen LogP contribution in [0.5, 0.6) is 0 Å². The van der Waals surface area contributed by atoms with Gasteiger partial charge in [-0.15, -0.1) is 0 Å². The van der Waals surface area contributed by atoms with Crippen LogP contribution in [0.4, 0.5) is 0 Å². The Morgan fingerprint density at radius 1 is 1.19 bits per heavy atom. The summed E-state index contributed by atoms with van der Waals surface area (Å²) in [6.07, 6.45) is 0.851. The van der Waals surface area contributed by atoms with Crippen LogP contribution in [0, 0.1) is 0 Å². The molecule has 1 aromatic carbocycles. The number of piperidine rings is 1. The fraction of sp³-hybridized carbons (Fsp3) is 0.389. The van der Waals surface area contributed by atoms with Gasteiger partial charge in [-0.1, -0.05) is 24.3 Å². The van der Waals surface area contributed by atoms with Crippen molar-refractivity contribution in [3.8, 4) is 0 Å². The predicted octanol–water partition coefficient (Wildman–Crippen LogP) is 0.358. The molecule has 8 heteroatoms. The number of sulfonamides is 1. The Morgan fingerprint density at radius 2 is 1.92 bits per heavy atom. The molecule has 7 nitrogen and oxygen atoms in total. The van der Waals surface area contributed by atoms with Crippen molar-refractivity contribution in [2.75, 3.05) is 19.6 Å². The first-order valence-corrected chi connectivity index (χ1v) is 9.92. The molecule has 1 aromatic heterocycles. The highest BCUT2D eigenvalue weighted by molar-refractivity contribution is 7.89. The fourth-order valence-corrected chi connectivity index (χ4v) is 4.59. The van der Waals surface area contributed by atoms with E-state index in [-0.39, 0.29) is 31.0 Å². The zero-order valence-corrected chi connectivity index (χ0v) is 15.1. The molecule has 2 heterocycles. The summed E-state index contributed by atoms with van der Waals surface area (Å²) in [6.45, 7) is 0.481. The molecule has 0 radical (unpaired) electrons. The van der Waals surface area contributed by atoms with E-state index in [9.17, 15) is 18.6 Å². The van der Waals surface area contributed by atoms with E-state index in [1.54, 1.807) is 24.4 Å². The van der Waals surface area contributed by atoms with Gasteiger partial charge in [0, 0.05) is 32.4 Å². The number of hydrogen-bond acceptors (Lipinski definition) is 6. The van der Waals surface area contributed by atoms with Crippen LogP contribution in [-0.4, -0.2) is 59.3 Å². The Balaban J connectivity index is 1.69. The van der Waals surface area contributed by atoms with Gasteiger partial charge in [-0.05, 0) is 30.7 Å². The molecule has 140 valence electrons. The van der Waals surface area contributed by atoms with Crippen molar-refractivity contribution in [3.05, 3.63) is 60.4 Å². The maximum absolute atomic E-state index is 12.8. The first-order chi connectivity index (χ1) is 12.4. The number of pyridine rings is 1. The van der Waals surface area contributed by atoms with Crippen LogP contribution in [-0.2, 0) is 16.6 Å². The molecule has 0 unspecified atom stereocenters. The quantitative estimate of drug-likeness (QED) is 0.672. The Bertz CT molecular complexity index is 817. The van der Waals surface area contributed by atoms with Gasteiger partial charge >= 0.3 is 0 Å². The minimum atomic E-state index is -3.71. The summed E-state index contributed by atoms with van der Waals surface area (Å²) in [4.78, 5) is 4.36. The van der Waals surface area contributed by atoms with Crippen molar-refractivity contribution in [1.29, 1.82) is 0 Å². The van der Waals surface area contributed by atoms with E-state index in [2.05, 4.69) is 10.3 Å². The number of β-amino-alcohol motifs (C(OH)–C–C–N with tert-alkyl or cyclic N) is 1. The van der Waals surface area contributed by atoms with E-state index in [4.69, 9.17) is 0 Å². The first-order valence-electron chi connectivity index (χ1n) is 8.48. The highest BCUT2D eigenvalue weighted by Crippen LogP contribution is 2.26. The van der Waals surface area contributed by atoms with Gasteiger partial charge in [0.2, 0.25) is 10.0 Å². The second-order valence-electron chi connectivity index (χ2n) is 6.48. The number of hydrogen-bond donors (Lipinski definition) is 3. The molecule has 2 atom stereocenters. The molecular formula is C18H23N3O4S. The van der Waals surface area contributed by atoms with Gasteiger partial charge in [0.1, 0.15) is 5.60 Å². The zero-order chi connectivity index (χ0) is 18.6. The summed E-state index contributed by atoms with van der Waals surface area (Å²) >= 11 is 0. The van der Waals surface area contributed by atoms with Crippen LogP contribution in [0.1, 0.15) is 12.1 Å². The average Bonchev–Trinajstić information content (AvgIpc) is 2.65. The molecule has 1 aliphatic rings. The lowest BCUT2D eigenvalue weighted by Crippen LogP contribution is -2.62. The molecule has 2 aromatic rings. The lowest BCUT2D eigenvalue weighted by atomic mass is 9.91. The summed E-state index contributed by atoms with van der Waals surface area (Å²) in [6, 6.07) is 13.6. The van der Waals surface area contributed by atoms with Gasteiger partial charge in [-0.25, -0.2) is 8.42 Å². The number of aliphatic hydroxyl groups excluding tert-OH is 1. The van der Waals surface area contributed by atoms with Crippen LogP contribution in [0.2, 0.25) is 0 Å². The van der Waals surface area contributed by atoms with Crippen molar-refractivity contribution in [2.45, 2.75) is 29.6 Å². The highest BCUT2D eigenvalue weighted by Gasteiger charge is 2.44. The molecule has 0 amide bonds. The molecule has 1 fully saturated rings. The summed E-state index contributed by atoms with van der Waals surface area (Å²) in [5.74, 6) is 0. The highest BCUT2D eigenvalue weighted by atomic mass is 32.2. The lowest BCUT2D eigenvalue weighted by Gasteiger charge is -2.42. The summed E-state index contributed by atoms with van der Waals surface area (Å²) in [5, 5.41) is 24.2. The van der Waals surface area contributed by atoms with Crippen molar-refractivity contribution in [1.82, 2.24) is 14.6 Å². The Kier molecular flexibility index (Phi) is 5.69. The van der Waals surface area contributed by atoms with Crippen molar-refractivity contribution >= 4 is 10.0 Å². The molecule has 0 aliphatic carbocycles. The van der Waals surface area contributed by atoms with E-state index < -0.39 is 21.7 Å². The number of nitrogens with zero attached hydrogens (tertiary/aromatic N) is 2. The number of benzene rings is 1. The number of aliphatic hydroxyl groups is 2. The molecule has 0 saturated carbocycles. The second kappa shape index (κ2) is 7.81. The van der Waals surface area contributed by atoms with Crippen LogP contribution in [0.25, 0.3) is 0 Å². The number of aromatic nitrogens is 1. The normalized spacial score (nSPS) is 24.5. The summed E-state index contributed by atoms with van der Waals surface area (Å²) in [5.41, 5.74) is -0.760. The largest absolute Gasteiger partial charge is 0.390 e. The third-order valence-electron chi connectivity index (χ3n) is 4.57. The van der Waals surface area contributed by atoms with Gasteiger partial charge < -0.3 is 15.5 Å². The van der Waals surface area contributed by atoms with E-state index in [1.165, 1.54) is 16.4 Å². The van der Waals surface area contributed by atoms with Crippen LogP contribution < -0.4 is 5.32 Å². The fourth-order valence-electron chi connectivity index (χ4n) is 3.05. The summed E-state index contributed by atoms with van der Waals surface area (Å²) in [7, 11) is -3.71. The summed E-state index contributed by atoms with van der Waals surface area (Å²) < 4.78 is 26.8. The van der Waals surface area contributed by atoms with Gasteiger partial charge in [0.15, 0.2) is 0 Å². The molecular weight excluding hydrogens is 354 g/mol. The van der Waals surface area contributed by atoms with Crippen LogP contribution in [0.3, 0.4) is 0 Å². The third kappa shape index (κ3) is 4.11. The van der Waals surface area contributed by atoms with Crippen molar-refractivity contribution in [2.24, 2.45) is 0 Å². The van der Waals surface area contributed by atoms with Gasteiger partial charge in [0.05, 0.1) is 16.7 Å². The van der Waals surface area contributed by atoms with E-state index >= 15 is 0 Å². The molecule has 0 bridgehead atoms. The zero-order valence-electron chi connectivity index (χ0n) is 14.3. The maximum Gasteiger partial charge on any atom is 0.243 e. The van der Waals surface area contributed by atoms with Crippen molar-refractivity contribution < 1.29 is 18.6 Å². The number of nitrogens with one attached hydrogen (secondary N) is 1. The Hall–Kier alpha value is -1.84. The molecule has 26 heavy (non-hydrogen) atoms. The van der Waals surface area contributed by atoms with Gasteiger partial charge in [-0.3, -0.25) is 4.98 Å². The van der Waals surface area contributed by atoms with E-state index in [0.717, 1.165) is 5.69 Å². The average molecular weight is 377 g/mol. The van der Waals surface area contributed by atoms with Crippen LogP contribution >= 0.6 is 0 Å². The Morgan fingerprint density at radius 3 is 2.62 bits per heavy atom. The first kappa shape index (κ1) is 18.9. The molecule has 3 N–H and O–H groups in total. The molecule has 0 spiro atoms. The number of rotatable bonds is 6. The van der Waals surface area contributed by atoms with Gasteiger partial charge in [-0.2, -0.15) is 4.31 Å². The van der Waals surface area contributed by atoms with Gasteiger partial charge in [0.25, 0.3) is 0 Å². The molecule has 1 saturated heterocycles. The smallest absolute Gasteiger partial charge is 0.243 e. The molecule has 3 rings (SSSR count).